The van der Waals surface area contributed by atoms with Crippen molar-refractivity contribution in [2.75, 3.05) is 25.5 Å². The summed E-state index contributed by atoms with van der Waals surface area (Å²) in [5.74, 6) is 0.287. The molecule has 1 aromatic carbocycles. The monoisotopic (exact) mass is 232 g/mol. The van der Waals surface area contributed by atoms with E-state index in [0.29, 0.717) is 0 Å². The highest BCUT2D eigenvalue weighted by Gasteiger charge is 2.23. The third-order valence-corrected chi connectivity index (χ3v) is 3.31. The number of nitrogens with zero attached hydrogens (tertiary/aromatic N) is 1. The number of aryl methyl sites for hydroxylation is 1. The van der Waals surface area contributed by atoms with Crippen LogP contribution in [0.5, 0.6) is 0 Å². The first kappa shape index (κ1) is 12.1. The summed E-state index contributed by atoms with van der Waals surface area (Å²) in [5, 5.41) is 2.99. The number of nitrogens with one attached hydrogen (secondary N) is 1. The van der Waals surface area contributed by atoms with E-state index in [9.17, 15) is 4.79 Å². The fourth-order valence-corrected chi connectivity index (χ4v) is 2.26. The van der Waals surface area contributed by atoms with Crippen LogP contribution in [0.1, 0.15) is 18.4 Å². The van der Waals surface area contributed by atoms with Crippen LogP contribution in [-0.4, -0.2) is 30.9 Å². The molecule has 0 spiro atoms. The molecule has 0 aromatic heterocycles. The molecule has 1 fully saturated rings. The van der Waals surface area contributed by atoms with Gasteiger partial charge in [-0.1, -0.05) is 17.7 Å². The molecular weight excluding hydrogens is 212 g/mol. The molecule has 0 aliphatic carbocycles. The van der Waals surface area contributed by atoms with E-state index in [1.165, 1.54) is 5.56 Å². The number of carbonyl (C=O) groups excluding carboxylic acids is 1. The first-order chi connectivity index (χ1) is 8.15. The second kappa shape index (κ2) is 5.32. The smallest absolute Gasteiger partial charge is 0.228 e. The number of amides is 1. The number of hydrogen-bond donors (Lipinski definition) is 1. The molecule has 1 heterocycles. The molecule has 1 unspecified atom stereocenters. The molecule has 1 aromatic rings. The standard InChI is InChI=1S/C14H20N2O/c1-11-5-7-13(8-6-11)15-14(17)12-4-3-9-16(2)10-12/h5-8,12H,3-4,9-10H2,1-2H3,(H,15,17). The maximum atomic E-state index is 12.1. The van der Waals surface area contributed by atoms with Gasteiger partial charge in [-0.25, -0.2) is 0 Å². The number of piperidine rings is 1. The van der Waals surface area contributed by atoms with E-state index in [4.69, 9.17) is 0 Å². The SMILES string of the molecule is Cc1ccc(NC(=O)C2CCCN(C)C2)cc1. The molecule has 1 amide bonds. The maximum absolute atomic E-state index is 12.1. The van der Waals surface area contributed by atoms with E-state index in [1.54, 1.807) is 0 Å². The minimum Gasteiger partial charge on any atom is -0.326 e. The number of rotatable bonds is 2. The van der Waals surface area contributed by atoms with Crippen molar-refractivity contribution in [3.8, 4) is 0 Å². The van der Waals surface area contributed by atoms with E-state index in [2.05, 4.69) is 17.3 Å². The van der Waals surface area contributed by atoms with Gasteiger partial charge in [0.1, 0.15) is 0 Å². The molecule has 1 saturated heterocycles. The molecule has 3 nitrogen and oxygen atoms in total. The van der Waals surface area contributed by atoms with Crippen molar-refractivity contribution >= 4 is 11.6 Å². The summed E-state index contributed by atoms with van der Waals surface area (Å²) >= 11 is 0. The highest BCUT2D eigenvalue weighted by atomic mass is 16.1. The Bertz CT molecular complexity index is 386. The van der Waals surface area contributed by atoms with Crippen LogP contribution >= 0.6 is 0 Å². The Morgan fingerprint density at radius 3 is 2.71 bits per heavy atom. The lowest BCUT2D eigenvalue weighted by molar-refractivity contribution is -0.121. The van der Waals surface area contributed by atoms with Gasteiger partial charge in [0.2, 0.25) is 5.91 Å². The van der Waals surface area contributed by atoms with Gasteiger partial charge in [-0.3, -0.25) is 4.79 Å². The van der Waals surface area contributed by atoms with Crippen molar-refractivity contribution < 1.29 is 4.79 Å². The number of benzene rings is 1. The number of carbonyl (C=O) groups is 1. The summed E-state index contributed by atoms with van der Waals surface area (Å²) in [6.07, 6.45) is 2.12. The van der Waals surface area contributed by atoms with Gasteiger partial charge in [-0.15, -0.1) is 0 Å². The summed E-state index contributed by atoms with van der Waals surface area (Å²) in [6, 6.07) is 7.95. The Morgan fingerprint density at radius 2 is 2.06 bits per heavy atom. The third kappa shape index (κ3) is 3.30. The molecular formula is C14H20N2O. The topological polar surface area (TPSA) is 32.3 Å². The summed E-state index contributed by atoms with van der Waals surface area (Å²) in [7, 11) is 2.07. The summed E-state index contributed by atoms with van der Waals surface area (Å²) in [5.41, 5.74) is 2.11. The quantitative estimate of drug-likeness (QED) is 0.848. The van der Waals surface area contributed by atoms with Gasteiger partial charge in [-0.2, -0.15) is 0 Å². The zero-order chi connectivity index (χ0) is 12.3. The van der Waals surface area contributed by atoms with Crippen molar-refractivity contribution in [2.24, 2.45) is 5.92 Å². The minimum atomic E-state index is 0.134. The fourth-order valence-electron chi connectivity index (χ4n) is 2.26. The summed E-state index contributed by atoms with van der Waals surface area (Å²) in [4.78, 5) is 14.3. The van der Waals surface area contributed by atoms with E-state index in [-0.39, 0.29) is 11.8 Å². The molecule has 2 rings (SSSR count). The normalized spacial score (nSPS) is 21.2. The van der Waals surface area contributed by atoms with Gasteiger partial charge in [0.15, 0.2) is 0 Å². The predicted octanol–water partition coefficient (Wildman–Crippen LogP) is 2.28. The fraction of sp³-hybridized carbons (Fsp3) is 0.500. The Labute approximate surface area is 103 Å². The van der Waals surface area contributed by atoms with Crippen LogP contribution in [0.3, 0.4) is 0 Å². The van der Waals surface area contributed by atoms with Crippen LogP contribution in [0.2, 0.25) is 0 Å². The van der Waals surface area contributed by atoms with Gasteiger partial charge >= 0.3 is 0 Å². The van der Waals surface area contributed by atoms with Crippen LogP contribution in [0.4, 0.5) is 5.69 Å². The molecule has 1 atom stereocenters. The van der Waals surface area contributed by atoms with Crippen LogP contribution in [0, 0.1) is 12.8 Å². The van der Waals surface area contributed by atoms with Gasteiger partial charge < -0.3 is 10.2 Å². The Hall–Kier alpha value is -1.35. The Balaban J connectivity index is 1.94. The Morgan fingerprint density at radius 1 is 1.35 bits per heavy atom. The van der Waals surface area contributed by atoms with Crippen molar-refractivity contribution in [3.63, 3.8) is 0 Å². The van der Waals surface area contributed by atoms with Gasteiger partial charge in [-0.05, 0) is 45.5 Å². The van der Waals surface area contributed by atoms with Crippen molar-refractivity contribution in [3.05, 3.63) is 29.8 Å². The van der Waals surface area contributed by atoms with Crippen LogP contribution < -0.4 is 5.32 Å². The van der Waals surface area contributed by atoms with Gasteiger partial charge in [0, 0.05) is 12.2 Å². The van der Waals surface area contributed by atoms with Crippen LogP contribution in [-0.2, 0) is 4.79 Å². The molecule has 0 radical (unpaired) electrons. The second-order valence-corrected chi connectivity index (χ2v) is 4.96. The van der Waals surface area contributed by atoms with Gasteiger partial charge in [0.25, 0.3) is 0 Å². The molecule has 1 aliphatic heterocycles. The first-order valence-electron chi connectivity index (χ1n) is 6.21. The van der Waals surface area contributed by atoms with E-state index in [1.807, 2.05) is 31.2 Å². The van der Waals surface area contributed by atoms with Crippen molar-refractivity contribution in [1.29, 1.82) is 0 Å². The lowest BCUT2D eigenvalue weighted by atomic mass is 9.97. The molecule has 17 heavy (non-hydrogen) atoms. The lowest BCUT2D eigenvalue weighted by Crippen LogP contribution is -2.38. The molecule has 1 N–H and O–H groups in total. The maximum Gasteiger partial charge on any atom is 0.228 e. The molecule has 1 aliphatic rings. The van der Waals surface area contributed by atoms with Crippen LogP contribution in [0.15, 0.2) is 24.3 Å². The zero-order valence-electron chi connectivity index (χ0n) is 10.6. The average Bonchev–Trinajstić information content (AvgIpc) is 2.32. The van der Waals surface area contributed by atoms with Gasteiger partial charge in [0.05, 0.1) is 5.92 Å². The lowest BCUT2D eigenvalue weighted by Gasteiger charge is -2.28. The summed E-state index contributed by atoms with van der Waals surface area (Å²) in [6.45, 7) is 4.02. The van der Waals surface area contributed by atoms with E-state index >= 15 is 0 Å². The molecule has 92 valence electrons. The van der Waals surface area contributed by atoms with E-state index < -0.39 is 0 Å². The number of anilines is 1. The molecule has 3 heteroatoms. The third-order valence-electron chi connectivity index (χ3n) is 3.31. The Kier molecular flexibility index (Phi) is 3.79. The first-order valence-corrected chi connectivity index (χ1v) is 6.21. The van der Waals surface area contributed by atoms with Crippen molar-refractivity contribution in [1.82, 2.24) is 4.90 Å². The molecule has 0 bridgehead atoms. The average molecular weight is 232 g/mol. The second-order valence-electron chi connectivity index (χ2n) is 4.96. The molecule has 0 saturated carbocycles. The largest absolute Gasteiger partial charge is 0.326 e. The van der Waals surface area contributed by atoms with Crippen LogP contribution in [0.25, 0.3) is 0 Å². The summed E-state index contributed by atoms with van der Waals surface area (Å²) < 4.78 is 0. The minimum absolute atomic E-state index is 0.134. The highest BCUT2D eigenvalue weighted by molar-refractivity contribution is 5.92. The highest BCUT2D eigenvalue weighted by Crippen LogP contribution is 2.17. The predicted molar refractivity (Wildman–Crippen MR) is 70.0 cm³/mol. The van der Waals surface area contributed by atoms with E-state index in [0.717, 1.165) is 31.6 Å². The number of likely N-dealkylation sites (tertiary alicyclic amines) is 1. The number of hydrogen-bond acceptors (Lipinski definition) is 2. The van der Waals surface area contributed by atoms with Crippen molar-refractivity contribution in [2.45, 2.75) is 19.8 Å². The zero-order valence-corrected chi connectivity index (χ0v) is 10.6.